The first kappa shape index (κ1) is 27.9. The number of hydrogen-bond donors (Lipinski definition) is 2. The van der Waals surface area contributed by atoms with Crippen LogP contribution in [0.15, 0.2) is 82.4 Å². The smallest absolute Gasteiger partial charge is 0.241 e. The molecule has 3 aromatic carbocycles. The molecule has 2 unspecified atom stereocenters. The first-order chi connectivity index (χ1) is 19.9. The van der Waals surface area contributed by atoms with Crippen LogP contribution in [0.4, 0.5) is 0 Å². The van der Waals surface area contributed by atoms with Crippen molar-refractivity contribution in [1.82, 2.24) is 14.9 Å². The quantitative estimate of drug-likeness (QED) is 0.253. The Kier molecular flexibility index (Phi) is 8.39. The second kappa shape index (κ2) is 12.3. The Morgan fingerprint density at radius 3 is 2.63 bits per heavy atom. The summed E-state index contributed by atoms with van der Waals surface area (Å²) in [5, 5.41) is 8.74. The molecule has 3 heterocycles. The molecule has 9 heteroatoms. The van der Waals surface area contributed by atoms with Crippen molar-refractivity contribution in [1.29, 1.82) is 0 Å². The molecule has 1 saturated heterocycles. The lowest BCUT2D eigenvalue weighted by molar-refractivity contribution is -0.122. The first-order valence-electron chi connectivity index (χ1n) is 14.3. The first-order valence-corrected chi connectivity index (χ1v) is 16.7. The molecule has 2 aliphatic heterocycles. The summed E-state index contributed by atoms with van der Waals surface area (Å²) >= 11 is 1.47. The van der Waals surface area contributed by atoms with Crippen molar-refractivity contribution >= 4 is 38.0 Å². The number of benzene rings is 3. The number of sulfonamides is 1. The van der Waals surface area contributed by atoms with Gasteiger partial charge < -0.3 is 10.1 Å². The van der Waals surface area contributed by atoms with Crippen LogP contribution in [0.3, 0.4) is 0 Å². The molecule has 1 aromatic heterocycles. The topological polar surface area (TPSA) is 87.7 Å². The van der Waals surface area contributed by atoms with Gasteiger partial charge in [0.25, 0.3) is 0 Å². The Hall–Kier alpha value is -3.24. The van der Waals surface area contributed by atoms with Gasteiger partial charge in [-0.1, -0.05) is 48.9 Å². The molecule has 214 valence electrons. The molecule has 1 fully saturated rings. The highest BCUT2D eigenvalue weighted by atomic mass is 32.2. The van der Waals surface area contributed by atoms with Crippen molar-refractivity contribution in [2.24, 2.45) is 0 Å². The molecule has 0 bridgehead atoms. The summed E-state index contributed by atoms with van der Waals surface area (Å²) in [6, 6.07) is 20.0. The van der Waals surface area contributed by atoms with Gasteiger partial charge in [-0.2, -0.15) is 11.3 Å². The van der Waals surface area contributed by atoms with Gasteiger partial charge in [0, 0.05) is 24.9 Å². The van der Waals surface area contributed by atoms with Crippen molar-refractivity contribution < 1.29 is 17.9 Å². The van der Waals surface area contributed by atoms with E-state index in [2.05, 4.69) is 33.1 Å². The second-order valence-electron chi connectivity index (χ2n) is 10.9. The van der Waals surface area contributed by atoms with Crippen LogP contribution in [0.2, 0.25) is 0 Å². The van der Waals surface area contributed by atoms with Gasteiger partial charge in [-0.25, -0.2) is 13.1 Å². The fourth-order valence-corrected chi connectivity index (χ4v) is 7.76. The van der Waals surface area contributed by atoms with Crippen LogP contribution in [0.1, 0.15) is 60.9 Å². The van der Waals surface area contributed by atoms with E-state index in [0.29, 0.717) is 13.0 Å². The van der Waals surface area contributed by atoms with Crippen molar-refractivity contribution in [3.05, 3.63) is 94.2 Å². The predicted molar refractivity (Wildman–Crippen MR) is 163 cm³/mol. The maximum atomic E-state index is 13.4. The number of carbonyl (C=O) groups excluding carboxylic acids is 1. The largest absolute Gasteiger partial charge is 0.493 e. The van der Waals surface area contributed by atoms with E-state index in [9.17, 15) is 13.2 Å². The molecule has 0 aliphatic carbocycles. The number of carbonyl (C=O) groups is 1. The van der Waals surface area contributed by atoms with Gasteiger partial charge in [0.2, 0.25) is 15.9 Å². The molecule has 0 spiro atoms. The molecular formula is C32H35N3O4S2. The molecule has 6 rings (SSSR count). The van der Waals surface area contributed by atoms with Gasteiger partial charge in [-0.05, 0) is 82.9 Å². The molecule has 1 amide bonds. The number of piperidine rings is 1. The summed E-state index contributed by atoms with van der Waals surface area (Å²) in [5.41, 5.74) is 2.96. The molecule has 0 saturated carbocycles. The minimum absolute atomic E-state index is 0.0106. The maximum absolute atomic E-state index is 13.4. The second-order valence-corrected chi connectivity index (χ2v) is 13.4. The highest BCUT2D eigenvalue weighted by Gasteiger charge is 2.28. The molecule has 2 N–H and O–H groups in total. The Bertz CT molecular complexity index is 1620. The van der Waals surface area contributed by atoms with Crippen LogP contribution in [-0.2, 0) is 21.4 Å². The zero-order valence-electron chi connectivity index (χ0n) is 22.9. The number of likely N-dealkylation sites (tertiary alicyclic amines) is 1. The number of nitrogens with zero attached hydrogens (tertiary/aromatic N) is 1. The summed E-state index contributed by atoms with van der Waals surface area (Å²) in [5.74, 6) is 0.611. The number of rotatable bonds is 9. The van der Waals surface area contributed by atoms with Gasteiger partial charge in [0.05, 0.1) is 23.6 Å². The number of nitrogens with one attached hydrogen (secondary N) is 2. The van der Waals surface area contributed by atoms with Crippen LogP contribution >= 0.6 is 11.3 Å². The number of fused-ring (bicyclic) bond motifs is 2. The van der Waals surface area contributed by atoms with Gasteiger partial charge in [0.1, 0.15) is 5.75 Å². The molecule has 2 atom stereocenters. The minimum atomic E-state index is -3.87. The van der Waals surface area contributed by atoms with Gasteiger partial charge >= 0.3 is 0 Å². The van der Waals surface area contributed by atoms with Gasteiger partial charge in [-0.3, -0.25) is 9.69 Å². The standard InChI is InChI=1S/C32H35N3O4S2/c36-32(33-29-12-16-39-31-18-23(8-11-28(29)31)21-35-14-4-1-5-15-35)20-30(26-13-17-40-22-26)34-41(37,38)27-10-9-24-6-2-3-7-25(24)19-27/h2-3,6-11,13,17-19,22,29-30,34H,1,4-5,12,14-16,20-21H2,(H,33,36). The molecule has 4 aromatic rings. The van der Waals surface area contributed by atoms with E-state index >= 15 is 0 Å². The molecular weight excluding hydrogens is 555 g/mol. The molecule has 0 radical (unpaired) electrons. The average Bonchev–Trinajstić information content (AvgIpc) is 3.52. The summed E-state index contributed by atoms with van der Waals surface area (Å²) in [4.78, 5) is 16.0. The summed E-state index contributed by atoms with van der Waals surface area (Å²) in [6.45, 7) is 3.69. The lowest BCUT2D eigenvalue weighted by Gasteiger charge is -2.29. The third-order valence-corrected chi connectivity index (χ3v) is 10.1. The lowest BCUT2D eigenvalue weighted by atomic mass is 9.97. The average molecular weight is 590 g/mol. The Morgan fingerprint density at radius 2 is 1.83 bits per heavy atom. The zero-order valence-corrected chi connectivity index (χ0v) is 24.6. The maximum Gasteiger partial charge on any atom is 0.241 e. The van der Waals surface area contributed by atoms with E-state index in [-0.39, 0.29) is 23.3 Å². The van der Waals surface area contributed by atoms with Crippen LogP contribution in [0.5, 0.6) is 5.75 Å². The number of hydrogen-bond acceptors (Lipinski definition) is 6. The highest BCUT2D eigenvalue weighted by Crippen LogP contribution is 2.34. The lowest BCUT2D eigenvalue weighted by Crippen LogP contribution is -2.36. The van der Waals surface area contributed by atoms with E-state index in [1.54, 1.807) is 18.2 Å². The van der Waals surface area contributed by atoms with Crippen molar-refractivity contribution in [3.63, 3.8) is 0 Å². The third-order valence-electron chi connectivity index (χ3n) is 7.97. The van der Waals surface area contributed by atoms with Gasteiger partial charge in [0.15, 0.2) is 0 Å². The van der Waals surface area contributed by atoms with Crippen molar-refractivity contribution in [3.8, 4) is 5.75 Å². The van der Waals surface area contributed by atoms with Crippen molar-refractivity contribution in [2.45, 2.75) is 55.6 Å². The molecule has 41 heavy (non-hydrogen) atoms. The monoisotopic (exact) mass is 589 g/mol. The Balaban J connectivity index is 1.15. The van der Waals surface area contributed by atoms with Crippen LogP contribution in [0, 0.1) is 0 Å². The summed E-state index contributed by atoms with van der Waals surface area (Å²) < 4.78 is 35.7. The van der Waals surface area contributed by atoms with E-state index < -0.39 is 16.1 Å². The van der Waals surface area contributed by atoms with Crippen LogP contribution < -0.4 is 14.8 Å². The molecule has 7 nitrogen and oxygen atoms in total. The zero-order chi connectivity index (χ0) is 28.2. The van der Waals surface area contributed by atoms with E-state index in [4.69, 9.17) is 4.74 Å². The highest BCUT2D eigenvalue weighted by molar-refractivity contribution is 7.89. The fraction of sp³-hybridized carbons (Fsp3) is 0.344. The fourth-order valence-electron chi connectivity index (χ4n) is 5.79. The minimum Gasteiger partial charge on any atom is -0.493 e. The normalized spacial score (nSPS) is 18.4. The Labute approximate surface area is 245 Å². The molecule has 2 aliphatic rings. The summed E-state index contributed by atoms with van der Waals surface area (Å²) in [7, 11) is -3.87. The summed E-state index contributed by atoms with van der Waals surface area (Å²) in [6.07, 6.45) is 4.46. The van der Waals surface area contributed by atoms with E-state index in [1.165, 1.54) is 36.2 Å². The van der Waals surface area contributed by atoms with E-state index in [0.717, 1.165) is 47.3 Å². The third kappa shape index (κ3) is 6.64. The number of thiophene rings is 1. The number of amides is 1. The van der Waals surface area contributed by atoms with Crippen LogP contribution in [0.25, 0.3) is 10.8 Å². The van der Waals surface area contributed by atoms with Crippen LogP contribution in [-0.4, -0.2) is 38.9 Å². The SMILES string of the molecule is O=C(CC(NS(=O)(=O)c1ccc2ccccc2c1)c1ccsc1)NC1CCOc2cc(CN3CCCCC3)ccc21. The van der Waals surface area contributed by atoms with Gasteiger partial charge in [-0.15, -0.1) is 0 Å². The van der Waals surface area contributed by atoms with E-state index in [1.807, 2.05) is 41.1 Å². The Morgan fingerprint density at radius 1 is 1.00 bits per heavy atom. The predicted octanol–water partition coefficient (Wildman–Crippen LogP) is 5.94. The number of ether oxygens (including phenoxy) is 1. The van der Waals surface area contributed by atoms with Crippen molar-refractivity contribution in [2.75, 3.05) is 19.7 Å².